The highest BCUT2D eigenvalue weighted by atomic mass is 32.2. The molecule has 226 valence electrons. The molecule has 4 rings (SSSR count). The van der Waals surface area contributed by atoms with Crippen molar-refractivity contribution in [2.75, 3.05) is 13.1 Å². The molecule has 1 aromatic carbocycles. The van der Waals surface area contributed by atoms with E-state index in [9.17, 15) is 48.0 Å². The number of rotatable bonds is 7. The molecule has 1 aliphatic heterocycles. The summed E-state index contributed by atoms with van der Waals surface area (Å²) in [5.41, 5.74) is -1.93. The molecular formula is C25H26F6N2O6S2. The van der Waals surface area contributed by atoms with Crippen molar-refractivity contribution in [2.45, 2.75) is 71.9 Å². The van der Waals surface area contributed by atoms with Gasteiger partial charge in [-0.15, -0.1) is 13.2 Å². The Balaban J connectivity index is 1.54. The average Bonchev–Trinajstić information content (AvgIpc) is 3.73. The van der Waals surface area contributed by atoms with Gasteiger partial charge in [0.05, 0.1) is 25.4 Å². The molecule has 0 atom stereocenters. The number of pyridine rings is 1. The Morgan fingerprint density at radius 1 is 0.951 bits per heavy atom. The van der Waals surface area contributed by atoms with E-state index in [1.54, 1.807) is 0 Å². The molecule has 1 amide bonds. The molecule has 2 heterocycles. The number of ether oxygens (including phenoxy) is 1. The third-order valence-electron chi connectivity index (χ3n) is 7.46. The summed E-state index contributed by atoms with van der Waals surface area (Å²) in [6.07, 6.45) is -8.76. The Labute approximate surface area is 232 Å². The molecule has 0 unspecified atom stereocenters. The normalized spacial score (nSPS) is 17.9. The van der Waals surface area contributed by atoms with Crippen molar-refractivity contribution in [3.63, 3.8) is 0 Å². The van der Waals surface area contributed by atoms with Gasteiger partial charge in [0.25, 0.3) is 5.91 Å². The zero-order chi connectivity index (χ0) is 30.6. The molecule has 0 radical (unpaired) electrons. The summed E-state index contributed by atoms with van der Waals surface area (Å²) < 4.78 is 133. The lowest BCUT2D eigenvalue weighted by Crippen LogP contribution is -2.48. The number of hydrogen-bond acceptors (Lipinski definition) is 7. The first-order chi connectivity index (χ1) is 18.7. The molecule has 1 aromatic heterocycles. The van der Waals surface area contributed by atoms with E-state index in [4.69, 9.17) is 0 Å². The number of nitrogens with zero attached hydrogens (tertiary/aromatic N) is 2. The fraction of sp³-hybridized carbons (Fsp3) is 0.520. The summed E-state index contributed by atoms with van der Waals surface area (Å²) in [6.45, 7) is 2.73. The fourth-order valence-electron chi connectivity index (χ4n) is 4.82. The van der Waals surface area contributed by atoms with Gasteiger partial charge in [-0.1, -0.05) is 6.07 Å². The lowest BCUT2D eigenvalue weighted by molar-refractivity contribution is -0.274. The van der Waals surface area contributed by atoms with Crippen molar-refractivity contribution in [3.8, 4) is 5.75 Å². The number of alkyl halides is 6. The first-order valence-corrected chi connectivity index (χ1v) is 15.5. The van der Waals surface area contributed by atoms with Crippen LogP contribution in [-0.4, -0.2) is 62.1 Å². The third kappa shape index (κ3) is 6.32. The number of likely N-dealkylation sites (tertiary alicyclic amines) is 1. The topological polar surface area (TPSA) is 111 Å². The highest BCUT2D eigenvalue weighted by Gasteiger charge is 2.46. The van der Waals surface area contributed by atoms with Gasteiger partial charge in [0.2, 0.25) is 0 Å². The third-order valence-corrected chi connectivity index (χ3v) is 12.3. The molecule has 2 aromatic rings. The SMILES string of the molecule is CC(C)(C1CCN(C(=O)c2ncc(C(F)(F)F)cc2S(=O)(=O)C2CC2)CC1)S(=O)(=O)c1cccc(OC(F)(F)F)c1. The number of piperidine rings is 1. The largest absolute Gasteiger partial charge is 0.573 e. The lowest BCUT2D eigenvalue weighted by atomic mass is 9.85. The number of hydrogen-bond donors (Lipinski definition) is 0. The molecule has 0 bridgehead atoms. The van der Waals surface area contributed by atoms with Crippen LogP contribution in [-0.2, 0) is 25.9 Å². The molecule has 0 N–H and O–H groups in total. The Kier molecular flexibility index (Phi) is 7.91. The highest BCUT2D eigenvalue weighted by molar-refractivity contribution is 7.93. The van der Waals surface area contributed by atoms with E-state index in [-0.39, 0.29) is 43.7 Å². The smallest absolute Gasteiger partial charge is 0.406 e. The summed E-state index contributed by atoms with van der Waals surface area (Å²) in [5, 5.41) is -0.892. The Hall–Kier alpha value is -2.88. The second-order valence-corrected chi connectivity index (χ2v) is 15.2. The molecule has 0 spiro atoms. The maximum Gasteiger partial charge on any atom is 0.573 e. The first-order valence-electron chi connectivity index (χ1n) is 12.5. The molecular weight excluding hydrogens is 602 g/mol. The van der Waals surface area contributed by atoms with Crippen LogP contribution in [0.4, 0.5) is 26.3 Å². The summed E-state index contributed by atoms with van der Waals surface area (Å²) in [5.74, 6) is -2.16. The van der Waals surface area contributed by atoms with Gasteiger partial charge in [0, 0.05) is 19.3 Å². The number of carbonyl (C=O) groups is 1. The van der Waals surface area contributed by atoms with Crippen molar-refractivity contribution >= 4 is 25.6 Å². The second kappa shape index (κ2) is 10.4. The van der Waals surface area contributed by atoms with Crippen molar-refractivity contribution in [1.82, 2.24) is 9.88 Å². The van der Waals surface area contributed by atoms with E-state index in [1.807, 2.05) is 0 Å². The maximum absolute atomic E-state index is 13.5. The molecule has 41 heavy (non-hydrogen) atoms. The molecule has 1 aliphatic carbocycles. The van der Waals surface area contributed by atoms with Crippen LogP contribution in [0.15, 0.2) is 46.3 Å². The highest BCUT2D eigenvalue weighted by Crippen LogP contribution is 2.41. The number of sulfone groups is 2. The summed E-state index contributed by atoms with van der Waals surface area (Å²) >= 11 is 0. The number of benzene rings is 1. The monoisotopic (exact) mass is 628 g/mol. The molecule has 1 saturated carbocycles. The van der Waals surface area contributed by atoms with Gasteiger partial charge in [-0.2, -0.15) is 13.2 Å². The van der Waals surface area contributed by atoms with Crippen LogP contribution in [0, 0.1) is 5.92 Å². The van der Waals surface area contributed by atoms with Crippen LogP contribution in [0.1, 0.15) is 55.6 Å². The van der Waals surface area contributed by atoms with Crippen molar-refractivity contribution < 1.29 is 52.7 Å². The number of halogens is 6. The van der Waals surface area contributed by atoms with E-state index >= 15 is 0 Å². The van der Waals surface area contributed by atoms with Crippen molar-refractivity contribution in [1.29, 1.82) is 0 Å². The standard InChI is InChI=1S/C25H26F6N2O6S2/c1-23(2,41(37,38)19-5-3-4-17(13-19)39-25(29,30)31)15-8-10-33(11-9-15)22(34)21-20(40(35,36)18-6-7-18)12-16(14-32-21)24(26,27)28/h3-5,12-15,18H,6-11H2,1-2H3. The predicted octanol–water partition coefficient (Wildman–Crippen LogP) is 5.04. The fourth-order valence-corrected chi connectivity index (χ4v) is 8.45. The van der Waals surface area contributed by atoms with Crippen LogP contribution in [0.3, 0.4) is 0 Å². The van der Waals surface area contributed by atoms with Gasteiger partial charge < -0.3 is 9.64 Å². The summed E-state index contributed by atoms with van der Waals surface area (Å²) in [6, 6.07) is 4.44. The van der Waals surface area contributed by atoms with Crippen molar-refractivity contribution in [2.24, 2.45) is 5.92 Å². The Morgan fingerprint density at radius 3 is 2.10 bits per heavy atom. The summed E-state index contributed by atoms with van der Waals surface area (Å²) in [7, 11) is -8.43. The molecule has 1 saturated heterocycles. The lowest BCUT2D eigenvalue weighted by Gasteiger charge is -2.40. The summed E-state index contributed by atoms with van der Waals surface area (Å²) in [4.78, 5) is 16.9. The molecule has 8 nitrogen and oxygen atoms in total. The van der Waals surface area contributed by atoms with E-state index in [0.29, 0.717) is 12.3 Å². The van der Waals surface area contributed by atoms with Crippen LogP contribution in [0.5, 0.6) is 5.75 Å². The van der Waals surface area contributed by atoms with Gasteiger partial charge in [-0.25, -0.2) is 21.8 Å². The van der Waals surface area contributed by atoms with E-state index in [0.717, 1.165) is 24.3 Å². The van der Waals surface area contributed by atoms with Crippen LogP contribution < -0.4 is 4.74 Å². The van der Waals surface area contributed by atoms with Crippen LogP contribution >= 0.6 is 0 Å². The number of amides is 1. The molecule has 2 fully saturated rings. The Bertz CT molecular complexity index is 1540. The Morgan fingerprint density at radius 2 is 1.56 bits per heavy atom. The van der Waals surface area contributed by atoms with Gasteiger partial charge in [-0.3, -0.25) is 4.79 Å². The zero-order valence-electron chi connectivity index (χ0n) is 21.8. The second-order valence-electron chi connectivity index (χ2n) is 10.5. The quantitative estimate of drug-likeness (QED) is 0.395. The average molecular weight is 629 g/mol. The van der Waals surface area contributed by atoms with E-state index in [1.165, 1.54) is 18.7 Å². The van der Waals surface area contributed by atoms with E-state index < -0.39 is 75.9 Å². The predicted molar refractivity (Wildman–Crippen MR) is 132 cm³/mol. The maximum atomic E-state index is 13.5. The minimum absolute atomic E-state index is 0.0503. The van der Waals surface area contributed by atoms with Crippen molar-refractivity contribution in [3.05, 3.63) is 47.8 Å². The van der Waals surface area contributed by atoms with Gasteiger partial charge in [0.1, 0.15) is 11.4 Å². The van der Waals surface area contributed by atoms with Crippen LogP contribution in [0.25, 0.3) is 0 Å². The van der Waals surface area contributed by atoms with Gasteiger partial charge in [0.15, 0.2) is 19.7 Å². The zero-order valence-corrected chi connectivity index (χ0v) is 23.4. The van der Waals surface area contributed by atoms with E-state index in [2.05, 4.69) is 9.72 Å². The first kappa shape index (κ1) is 31.1. The minimum atomic E-state index is -5.02. The minimum Gasteiger partial charge on any atom is -0.406 e. The molecule has 2 aliphatic rings. The van der Waals surface area contributed by atoms with Gasteiger partial charge in [-0.05, 0) is 69.7 Å². The molecule has 16 heteroatoms. The number of carbonyl (C=O) groups excluding carboxylic acids is 1. The van der Waals surface area contributed by atoms with Gasteiger partial charge >= 0.3 is 12.5 Å². The van der Waals surface area contributed by atoms with Crippen LogP contribution in [0.2, 0.25) is 0 Å². The number of aromatic nitrogens is 1.